The molecule has 0 atom stereocenters. The third-order valence-corrected chi connectivity index (χ3v) is 5.28. The van der Waals surface area contributed by atoms with E-state index in [2.05, 4.69) is 11.3 Å². The quantitative estimate of drug-likeness (QED) is 0.365. The molecule has 3 rings (SSSR count). The summed E-state index contributed by atoms with van der Waals surface area (Å²) in [4.78, 5) is 0. The first kappa shape index (κ1) is 21.3. The topological polar surface area (TPSA) is 9.23 Å². The normalized spacial score (nSPS) is 19.4. The maximum absolute atomic E-state index is 14.7. The Kier molecular flexibility index (Phi) is 6.55. The van der Waals surface area contributed by atoms with Crippen LogP contribution in [0.5, 0.6) is 5.75 Å². The summed E-state index contributed by atoms with van der Waals surface area (Å²) in [5.74, 6) is -5.11. The summed E-state index contributed by atoms with van der Waals surface area (Å²) in [6.07, 6.45) is 2.28. The molecule has 0 saturated heterocycles. The first-order chi connectivity index (χ1) is 13.8. The SMILES string of the molecule is C=CC1CCC(c2cc(F)c(-c3cc(F)c(OCC(F)F)c(F)c3)c(F)c2)CC1. The van der Waals surface area contributed by atoms with Gasteiger partial charge in [-0.3, -0.25) is 0 Å². The Morgan fingerprint density at radius 1 is 0.897 bits per heavy atom. The van der Waals surface area contributed by atoms with Gasteiger partial charge in [0.05, 0.1) is 5.56 Å². The van der Waals surface area contributed by atoms with Gasteiger partial charge in [0.1, 0.15) is 18.2 Å². The van der Waals surface area contributed by atoms with E-state index in [9.17, 15) is 26.3 Å². The van der Waals surface area contributed by atoms with Crippen LogP contribution in [0, 0.1) is 29.2 Å². The van der Waals surface area contributed by atoms with Crippen molar-refractivity contribution in [2.24, 2.45) is 5.92 Å². The number of benzene rings is 2. The molecule has 0 amide bonds. The van der Waals surface area contributed by atoms with Crippen molar-refractivity contribution >= 4 is 0 Å². The minimum absolute atomic E-state index is 0.00263. The van der Waals surface area contributed by atoms with E-state index >= 15 is 0 Å². The molecule has 1 aliphatic rings. The van der Waals surface area contributed by atoms with Crippen LogP contribution in [0.1, 0.15) is 37.2 Å². The fourth-order valence-corrected chi connectivity index (χ4v) is 3.78. The van der Waals surface area contributed by atoms with Crippen LogP contribution in [0.25, 0.3) is 11.1 Å². The molecule has 0 heterocycles. The fraction of sp³-hybridized carbons (Fsp3) is 0.364. The van der Waals surface area contributed by atoms with Gasteiger partial charge in [0, 0.05) is 0 Å². The summed E-state index contributed by atoms with van der Waals surface area (Å²) in [6, 6.07) is 3.71. The molecule has 29 heavy (non-hydrogen) atoms. The molecule has 7 heteroatoms. The highest BCUT2D eigenvalue weighted by atomic mass is 19.3. The molecule has 156 valence electrons. The Labute approximate surface area is 165 Å². The minimum Gasteiger partial charge on any atom is -0.482 e. The predicted molar refractivity (Wildman–Crippen MR) is 98.1 cm³/mol. The van der Waals surface area contributed by atoms with Crippen molar-refractivity contribution in [1.29, 1.82) is 0 Å². The van der Waals surface area contributed by atoms with E-state index in [0.717, 1.165) is 25.7 Å². The average molecular weight is 414 g/mol. The van der Waals surface area contributed by atoms with Crippen molar-refractivity contribution < 1.29 is 31.1 Å². The number of hydrogen-bond acceptors (Lipinski definition) is 1. The summed E-state index contributed by atoms with van der Waals surface area (Å²) in [7, 11) is 0. The highest BCUT2D eigenvalue weighted by Gasteiger charge is 2.24. The van der Waals surface area contributed by atoms with Crippen LogP contribution >= 0.6 is 0 Å². The van der Waals surface area contributed by atoms with E-state index in [0.29, 0.717) is 23.6 Å². The molecule has 2 aromatic rings. The number of allylic oxidation sites excluding steroid dienone is 1. The van der Waals surface area contributed by atoms with Crippen LogP contribution in [0.3, 0.4) is 0 Å². The molecule has 0 spiro atoms. The van der Waals surface area contributed by atoms with Crippen LogP contribution in [0.2, 0.25) is 0 Å². The van der Waals surface area contributed by atoms with Gasteiger partial charge in [0.15, 0.2) is 17.4 Å². The van der Waals surface area contributed by atoms with Crippen LogP contribution in [0.4, 0.5) is 26.3 Å². The minimum atomic E-state index is -2.92. The van der Waals surface area contributed by atoms with E-state index in [1.54, 1.807) is 0 Å². The van der Waals surface area contributed by atoms with Gasteiger partial charge in [-0.1, -0.05) is 6.08 Å². The van der Waals surface area contributed by atoms with Crippen molar-refractivity contribution in [3.8, 4) is 16.9 Å². The van der Waals surface area contributed by atoms with E-state index in [1.165, 1.54) is 12.1 Å². The summed E-state index contributed by atoms with van der Waals surface area (Å²) in [5, 5.41) is 0. The number of ether oxygens (including phenoxy) is 1. The number of halogens is 6. The Hall–Kier alpha value is -2.44. The number of hydrogen-bond donors (Lipinski definition) is 0. The van der Waals surface area contributed by atoms with Gasteiger partial charge in [-0.05, 0) is 72.9 Å². The summed E-state index contributed by atoms with van der Waals surface area (Å²) in [5.41, 5.74) is -0.447. The molecule has 0 aliphatic heterocycles. The predicted octanol–water partition coefficient (Wildman–Crippen LogP) is 7.01. The molecular formula is C22H20F6O. The molecule has 2 aromatic carbocycles. The Bertz CT molecular complexity index is 841. The molecule has 1 fully saturated rings. The van der Waals surface area contributed by atoms with Crippen molar-refractivity contribution in [3.05, 3.63) is 65.8 Å². The molecule has 0 N–H and O–H groups in total. The first-order valence-electron chi connectivity index (χ1n) is 9.32. The van der Waals surface area contributed by atoms with Crippen LogP contribution in [0.15, 0.2) is 36.9 Å². The standard InChI is InChI=1S/C22H20F6O/c1-2-12-3-5-13(6-4-12)14-7-16(23)21(17(24)8-14)15-9-18(25)22(19(26)10-15)29-11-20(27)28/h2,7-10,12-13,20H,1,3-6,11H2. The second-order valence-corrected chi connectivity index (χ2v) is 7.18. The second-order valence-electron chi connectivity index (χ2n) is 7.18. The lowest BCUT2D eigenvalue weighted by molar-refractivity contribution is 0.0777. The Morgan fingerprint density at radius 3 is 1.93 bits per heavy atom. The lowest BCUT2D eigenvalue weighted by atomic mass is 9.78. The van der Waals surface area contributed by atoms with Gasteiger partial charge < -0.3 is 4.74 Å². The first-order valence-corrected chi connectivity index (χ1v) is 9.32. The maximum atomic E-state index is 14.7. The molecule has 0 unspecified atom stereocenters. The average Bonchev–Trinajstić information content (AvgIpc) is 2.66. The largest absolute Gasteiger partial charge is 0.482 e. The van der Waals surface area contributed by atoms with E-state index in [1.807, 2.05) is 6.08 Å². The van der Waals surface area contributed by atoms with Gasteiger partial charge in [-0.15, -0.1) is 6.58 Å². The van der Waals surface area contributed by atoms with Crippen LogP contribution in [-0.4, -0.2) is 13.0 Å². The van der Waals surface area contributed by atoms with Gasteiger partial charge in [0.25, 0.3) is 6.43 Å². The maximum Gasteiger partial charge on any atom is 0.272 e. The Balaban J connectivity index is 1.89. The zero-order valence-corrected chi connectivity index (χ0v) is 15.5. The molecule has 0 bridgehead atoms. The van der Waals surface area contributed by atoms with Crippen molar-refractivity contribution in [2.75, 3.05) is 6.61 Å². The van der Waals surface area contributed by atoms with Crippen molar-refractivity contribution in [2.45, 2.75) is 38.0 Å². The molecule has 0 radical (unpaired) electrons. The zero-order chi connectivity index (χ0) is 21.1. The highest BCUT2D eigenvalue weighted by Crippen LogP contribution is 2.39. The van der Waals surface area contributed by atoms with Gasteiger partial charge >= 0.3 is 0 Å². The summed E-state index contributed by atoms with van der Waals surface area (Å²) in [6.45, 7) is 2.57. The lowest BCUT2D eigenvalue weighted by Gasteiger charge is -2.27. The zero-order valence-electron chi connectivity index (χ0n) is 15.5. The van der Waals surface area contributed by atoms with Crippen molar-refractivity contribution in [1.82, 2.24) is 0 Å². The molecule has 1 nitrogen and oxygen atoms in total. The molecular weight excluding hydrogens is 394 g/mol. The number of rotatable bonds is 6. The van der Waals surface area contributed by atoms with E-state index < -0.39 is 47.6 Å². The van der Waals surface area contributed by atoms with Gasteiger partial charge in [-0.25, -0.2) is 26.3 Å². The lowest BCUT2D eigenvalue weighted by Crippen LogP contribution is -2.12. The van der Waals surface area contributed by atoms with E-state index in [-0.39, 0.29) is 11.5 Å². The third kappa shape index (κ3) is 4.77. The number of alkyl halides is 2. The third-order valence-electron chi connectivity index (χ3n) is 5.28. The van der Waals surface area contributed by atoms with Crippen LogP contribution in [-0.2, 0) is 0 Å². The highest BCUT2D eigenvalue weighted by molar-refractivity contribution is 5.66. The Morgan fingerprint density at radius 2 is 1.45 bits per heavy atom. The van der Waals surface area contributed by atoms with Crippen molar-refractivity contribution in [3.63, 3.8) is 0 Å². The van der Waals surface area contributed by atoms with Gasteiger partial charge in [-0.2, -0.15) is 0 Å². The molecule has 1 saturated carbocycles. The second kappa shape index (κ2) is 8.93. The van der Waals surface area contributed by atoms with Crippen LogP contribution < -0.4 is 4.74 Å². The smallest absolute Gasteiger partial charge is 0.272 e. The summed E-state index contributed by atoms with van der Waals surface area (Å²) >= 11 is 0. The fourth-order valence-electron chi connectivity index (χ4n) is 3.78. The monoisotopic (exact) mass is 414 g/mol. The molecule has 0 aromatic heterocycles. The molecule has 1 aliphatic carbocycles. The van der Waals surface area contributed by atoms with Gasteiger partial charge in [0.2, 0.25) is 0 Å². The van der Waals surface area contributed by atoms with E-state index in [4.69, 9.17) is 0 Å². The summed E-state index contributed by atoms with van der Waals surface area (Å²) < 4.78 is 86.3.